The molecule has 0 aliphatic rings. The molecule has 1 N–H and O–H groups in total. The van der Waals surface area contributed by atoms with Crippen LogP contribution in [0.1, 0.15) is 5.56 Å². The van der Waals surface area contributed by atoms with Gasteiger partial charge in [0.25, 0.3) is 0 Å². The van der Waals surface area contributed by atoms with Gasteiger partial charge >= 0.3 is 6.18 Å². The van der Waals surface area contributed by atoms with Gasteiger partial charge in [0.05, 0.1) is 15.8 Å². The third-order valence-corrected chi connectivity index (χ3v) is 4.04. The lowest BCUT2D eigenvalue weighted by Gasteiger charge is -2.10. The normalized spacial score (nSPS) is 11.9. The number of nitrogens with zero attached hydrogens (tertiary/aromatic N) is 1. The molecular weight excluding hydrogens is 340 g/mol. The number of halogens is 5. The van der Waals surface area contributed by atoms with Crippen LogP contribution in [0.15, 0.2) is 36.4 Å². The summed E-state index contributed by atoms with van der Waals surface area (Å²) in [4.78, 5) is 4.24. The van der Waals surface area contributed by atoms with Crippen molar-refractivity contribution in [3.63, 3.8) is 0 Å². The lowest BCUT2D eigenvalue weighted by molar-refractivity contribution is -0.139. The van der Waals surface area contributed by atoms with E-state index in [1.807, 2.05) is 0 Å². The SMILES string of the molecule is Fc1ccc(Nc2nc3ccc(Cl)cc3s2)cc1C(F)(F)F. The Kier molecular flexibility index (Phi) is 3.70. The topological polar surface area (TPSA) is 24.9 Å². The van der Waals surface area contributed by atoms with Crippen molar-refractivity contribution in [2.45, 2.75) is 6.18 Å². The molecule has 0 amide bonds. The Morgan fingerprint density at radius 2 is 1.86 bits per heavy atom. The largest absolute Gasteiger partial charge is 0.419 e. The standard InChI is InChI=1S/C14H7ClF4N2S/c15-7-1-4-11-12(5-7)22-13(21-11)20-8-2-3-10(16)9(6-8)14(17,18)19/h1-6H,(H,20,21). The summed E-state index contributed by atoms with van der Waals surface area (Å²) in [5.74, 6) is -1.31. The van der Waals surface area contributed by atoms with Crippen molar-refractivity contribution in [2.24, 2.45) is 0 Å². The smallest absolute Gasteiger partial charge is 0.332 e. The number of hydrogen-bond donors (Lipinski definition) is 1. The summed E-state index contributed by atoms with van der Waals surface area (Å²) >= 11 is 7.11. The summed E-state index contributed by atoms with van der Waals surface area (Å²) in [7, 11) is 0. The first kappa shape index (κ1) is 15.1. The second-order valence-electron chi connectivity index (χ2n) is 4.45. The summed E-state index contributed by atoms with van der Waals surface area (Å²) in [5, 5.41) is 3.70. The van der Waals surface area contributed by atoms with E-state index in [9.17, 15) is 17.6 Å². The first-order chi connectivity index (χ1) is 10.3. The molecule has 2 nitrogen and oxygen atoms in total. The van der Waals surface area contributed by atoms with Gasteiger partial charge in [0.2, 0.25) is 0 Å². The van der Waals surface area contributed by atoms with Gasteiger partial charge in [-0.25, -0.2) is 9.37 Å². The van der Waals surface area contributed by atoms with Crippen LogP contribution in [0.3, 0.4) is 0 Å². The fraction of sp³-hybridized carbons (Fsp3) is 0.0714. The van der Waals surface area contributed by atoms with Crippen LogP contribution < -0.4 is 5.32 Å². The fourth-order valence-electron chi connectivity index (χ4n) is 1.90. The van der Waals surface area contributed by atoms with Crippen LogP contribution in [0.2, 0.25) is 5.02 Å². The van der Waals surface area contributed by atoms with Gasteiger partial charge in [-0.1, -0.05) is 22.9 Å². The minimum atomic E-state index is -4.75. The molecule has 0 aliphatic heterocycles. The van der Waals surface area contributed by atoms with E-state index in [4.69, 9.17) is 11.6 Å². The molecule has 0 atom stereocenters. The summed E-state index contributed by atoms with van der Waals surface area (Å²) in [6.07, 6.45) is -4.75. The molecular formula is C14H7ClF4N2S. The lowest BCUT2D eigenvalue weighted by Crippen LogP contribution is -2.08. The van der Waals surface area contributed by atoms with E-state index in [0.29, 0.717) is 21.7 Å². The van der Waals surface area contributed by atoms with Crippen molar-refractivity contribution in [2.75, 3.05) is 5.32 Å². The Bertz CT molecular complexity index is 844. The number of nitrogens with one attached hydrogen (secondary N) is 1. The molecule has 1 aromatic heterocycles. The number of fused-ring (bicyclic) bond motifs is 1. The quantitative estimate of drug-likeness (QED) is 0.589. The Morgan fingerprint density at radius 1 is 1.09 bits per heavy atom. The number of anilines is 2. The number of rotatable bonds is 2. The maximum Gasteiger partial charge on any atom is 0.419 e. The fourth-order valence-corrected chi connectivity index (χ4v) is 3.06. The maximum absolute atomic E-state index is 13.2. The van der Waals surface area contributed by atoms with E-state index in [0.717, 1.165) is 10.8 Å². The van der Waals surface area contributed by atoms with Crippen molar-refractivity contribution in [1.82, 2.24) is 4.98 Å². The molecule has 0 aliphatic carbocycles. The summed E-state index contributed by atoms with van der Waals surface area (Å²) in [5.41, 5.74) is -0.532. The summed E-state index contributed by atoms with van der Waals surface area (Å²) < 4.78 is 52.1. The predicted molar refractivity (Wildman–Crippen MR) is 79.3 cm³/mol. The minimum absolute atomic E-state index is 0.110. The maximum atomic E-state index is 13.2. The van der Waals surface area contributed by atoms with Crippen molar-refractivity contribution in [3.05, 3.63) is 52.8 Å². The molecule has 8 heteroatoms. The highest BCUT2D eigenvalue weighted by atomic mass is 35.5. The molecule has 0 bridgehead atoms. The second kappa shape index (κ2) is 5.40. The van der Waals surface area contributed by atoms with Crippen LogP contribution in [-0.2, 0) is 6.18 Å². The van der Waals surface area contributed by atoms with Crippen molar-refractivity contribution >= 4 is 44.0 Å². The van der Waals surface area contributed by atoms with Gasteiger partial charge in [-0.05, 0) is 36.4 Å². The van der Waals surface area contributed by atoms with Crippen LogP contribution in [-0.4, -0.2) is 4.98 Å². The Labute approximate surface area is 131 Å². The number of alkyl halides is 3. The molecule has 0 saturated carbocycles. The van der Waals surface area contributed by atoms with E-state index in [1.54, 1.807) is 18.2 Å². The van der Waals surface area contributed by atoms with Crippen molar-refractivity contribution < 1.29 is 17.6 Å². The van der Waals surface area contributed by atoms with Crippen LogP contribution in [0, 0.1) is 5.82 Å². The molecule has 0 spiro atoms. The highest BCUT2D eigenvalue weighted by molar-refractivity contribution is 7.22. The summed E-state index contributed by atoms with van der Waals surface area (Å²) in [6, 6.07) is 7.82. The molecule has 2 aromatic carbocycles. The molecule has 3 aromatic rings. The molecule has 114 valence electrons. The van der Waals surface area contributed by atoms with Crippen molar-refractivity contribution in [1.29, 1.82) is 0 Å². The van der Waals surface area contributed by atoms with Gasteiger partial charge in [-0.3, -0.25) is 0 Å². The molecule has 3 rings (SSSR count). The highest BCUT2D eigenvalue weighted by Crippen LogP contribution is 2.35. The van der Waals surface area contributed by atoms with Gasteiger partial charge in [0.1, 0.15) is 5.82 Å². The van der Waals surface area contributed by atoms with E-state index < -0.39 is 17.6 Å². The monoisotopic (exact) mass is 346 g/mol. The van der Waals surface area contributed by atoms with Crippen LogP contribution in [0.4, 0.5) is 28.4 Å². The number of benzene rings is 2. The third kappa shape index (κ3) is 3.00. The number of thiazole rings is 1. The molecule has 0 unspecified atom stereocenters. The van der Waals surface area contributed by atoms with Crippen LogP contribution in [0.5, 0.6) is 0 Å². The third-order valence-electron chi connectivity index (χ3n) is 2.87. The Hall–Kier alpha value is -1.86. The van der Waals surface area contributed by atoms with E-state index in [1.165, 1.54) is 17.4 Å². The zero-order valence-corrected chi connectivity index (χ0v) is 12.3. The van der Waals surface area contributed by atoms with Crippen LogP contribution >= 0.6 is 22.9 Å². The van der Waals surface area contributed by atoms with Gasteiger partial charge in [-0.15, -0.1) is 0 Å². The first-order valence-corrected chi connectivity index (χ1v) is 7.22. The summed E-state index contributed by atoms with van der Waals surface area (Å²) in [6.45, 7) is 0. The average molecular weight is 347 g/mol. The number of aromatic nitrogens is 1. The molecule has 0 radical (unpaired) electrons. The molecule has 1 heterocycles. The zero-order valence-electron chi connectivity index (χ0n) is 10.7. The molecule has 0 fully saturated rings. The Morgan fingerprint density at radius 3 is 2.59 bits per heavy atom. The average Bonchev–Trinajstić information content (AvgIpc) is 2.81. The predicted octanol–water partition coefficient (Wildman–Crippen LogP) is 5.85. The lowest BCUT2D eigenvalue weighted by atomic mass is 10.2. The Balaban J connectivity index is 1.94. The minimum Gasteiger partial charge on any atom is -0.332 e. The number of hydrogen-bond acceptors (Lipinski definition) is 3. The van der Waals surface area contributed by atoms with E-state index in [-0.39, 0.29) is 5.69 Å². The van der Waals surface area contributed by atoms with E-state index >= 15 is 0 Å². The van der Waals surface area contributed by atoms with Gasteiger partial charge in [-0.2, -0.15) is 13.2 Å². The highest BCUT2D eigenvalue weighted by Gasteiger charge is 2.34. The van der Waals surface area contributed by atoms with Gasteiger partial charge in [0.15, 0.2) is 5.13 Å². The molecule has 22 heavy (non-hydrogen) atoms. The van der Waals surface area contributed by atoms with Gasteiger partial charge < -0.3 is 5.32 Å². The van der Waals surface area contributed by atoms with Gasteiger partial charge in [0, 0.05) is 10.7 Å². The second-order valence-corrected chi connectivity index (χ2v) is 5.92. The van der Waals surface area contributed by atoms with E-state index in [2.05, 4.69) is 10.3 Å². The van der Waals surface area contributed by atoms with Crippen LogP contribution in [0.25, 0.3) is 10.2 Å². The zero-order chi connectivity index (χ0) is 15.9. The van der Waals surface area contributed by atoms with Crippen molar-refractivity contribution in [3.8, 4) is 0 Å². The molecule has 0 saturated heterocycles. The first-order valence-electron chi connectivity index (χ1n) is 6.03.